The van der Waals surface area contributed by atoms with E-state index in [0.29, 0.717) is 23.5 Å². The van der Waals surface area contributed by atoms with E-state index in [1.807, 2.05) is 28.8 Å². The number of nitrogens with two attached hydrogens (primary N) is 1. The average Bonchev–Trinajstić information content (AvgIpc) is 2.80. The number of nitrogens with zero attached hydrogens (tertiary/aromatic N) is 3. The third kappa shape index (κ3) is 4.52. The van der Waals surface area contributed by atoms with E-state index in [9.17, 15) is 9.59 Å². The predicted octanol–water partition coefficient (Wildman–Crippen LogP) is 3.06. The van der Waals surface area contributed by atoms with Crippen LogP contribution in [0.1, 0.15) is 54.1 Å². The summed E-state index contributed by atoms with van der Waals surface area (Å²) in [6, 6.07) is 8.10. The lowest BCUT2D eigenvalue weighted by molar-refractivity contribution is 0.0998. The minimum Gasteiger partial charge on any atom is -0.497 e. The summed E-state index contributed by atoms with van der Waals surface area (Å²) in [7, 11) is 1.65. The fraction of sp³-hybridized carbons (Fsp3) is 0.391. The first kappa shape index (κ1) is 20.8. The van der Waals surface area contributed by atoms with Crippen molar-refractivity contribution >= 4 is 22.9 Å². The smallest absolute Gasteiger partial charge is 0.254 e. The lowest BCUT2D eigenvalue weighted by atomic mass is 9.95. The number of nitrogens with one attached hydrogen (secondary N) is 1. The summed E-state index contributed by atoms with van der Waals surface area (Å²) < 4.78 is 7.14. The normalized spacial score (nSPS) is 14.5. The van der Waals surface area contributed by atoms with Crippen molar-refractivity contribution in [2.75, 3.05) is 19.0 Å². The Kier molecular flexibility index (Phi) is 6.16. The maximum absolute atomic E-state index is 12.7. The van der Waals surface area contributed by atoms with Crippen LogP contribution in [0.15, 0.2) is 41.5 Å². The van der Waals surface area contributed by atoms with Crippen LogP contribution < -0.4 is 21.2 Å². The van der Waals surface area contributed by atoms with Crippen LogP contribution in [0.2, 0.25) is 0 Å². The molecule has 1 aliphatic carbocycles. The molecule has 162 valence electrons. The minimum atomic E-state index is -0.724. The van der Waals surface area contributed by atoms with Crippen LogP contribution in [0, 0.1) is 0 Å². The van der Waals surface area contributed by atoms with Gasteiger partial charge >= 0.3 is 0 Å². The fourth-order valence-electron chi connectivity index (χ4n) is 4.14. The van der Waals surface area contributed by atoms with Gasteiger partial charge < -0.3 is 20.4 Å². The molecule has 0 unspecified atom stereocenters. The summed E-state index contributed by atoms with van der Waals surface area (Å²) >= 11 is 0. The maximum atomic E-state index is 12.7. The highest BCUT2D eigenvalue weighted by Crippen LogP contribution is 2.30. The van der Waals surface area contributed by atoms with Crippen molar-refractivity contribution in [2.45, 2.75) is 44.6 Å². The van der Waals surface area contributed by atoms with Crippen molar-refractivity contribution < 1.29 is 9.53 Å². The van der Waals surface area contributed by atoms with Crippen molar-refractivity contribution in [1.82, 2.24) is 14.5 Å². The van der Waals surface area contributed by atoms with Crippen LogP contribution in [0.4, 0.5) is 5.95 Å². The zero-order valence-corrected chi connectivity index (χ0v) is 17.6. The first-order valence-corrected chi connectivity index (χ1v) is 10.7. The molecular weight excluding hydrogens is 394 g/mol. The molecule has 0 saturated heterocycles. The Hall–Kier alpha value is -3.42. The molecule has 31 heavy (non-hydrogen) atoms. The number of fused-ring (bicyclic) bond motifs is 1. The number of aromatic nitrogens is 3. The van der Waals surface area contributed by atoms with E-state index < -0.39 is 11.3 Å². The second-order valence-electron chi connectivity index (χ2n) is 7.89. The van der Waals surface area contributed by atoms with Gasteiger partial charge in [-0.15, -0.1) is 0 Å². The van der Waals surface area contributed by atoms with Gasteiger partial charge in [-0.3, -0.25) is 9.59 Å². The lowest BCUT2D eigenvalue weighted by Crippen LogP contribution is -2.27. The molecule has 3 aromatic rings. The molecule has 2 heterocycles. The molecule has 1 amide bonds. The summed E-state index contributed by atoms with van der Waals surface area (Å²) in [6.07, 6.45) is 9.26. The van der Waals surface area contributed by atoms with Gasteiger partial charge in [-0.2, -0.15) is 4.98 Å². The van der Waals surface area contributed by atoms with Gasteiger partial charge in [0.1, 0.15) is 17.0 Å². The Bertz CT molecular complexity index is 1130. The molecule has 8 heteroatoms. The first-order chi connectivity index (χ1) is 15.1. The molecule has 1 saturated carbocycles. The quantitative estimate of drug-likeness (QED) is 0.606. The lowest BCUT2D eigenvalue weighted by Gasteiger charge is -2.26. The summed E-state index contributed by atoms with van der Waals surface area (Å²) in [4.78, 5) is 33.5. The molecule has 1 fully saturated rings. The van der Waals surface area contributed by atoms with Crippen molar-refractivity contribution in [3.05, 3.63) is 58.0 Å². The molecule has 0 aliphatic heterocycles. The topological polar surface area (TPSA) is 112 Å². The number of rotatable bonds is 7. The highest BCUT2D eigenvalue weighted by Gasteiger charge is 2.21. The maximum Gasteiger partial charge on any atom is 0.254 e. The molecule has 0 radical (unpaired) electrons. The third-order valence-corrected chi connectivity index (χ3v) is 5.86. The van der Waals surface area contributed by atoms with E-state index in [1.54, 1.807) is 13.3 Å². The van der Waals surface area contributed by atoms with Crippen molar-refractivity contribution in [3.8, 4) is 5.75 Å². The third-order valence-electron chi connectivity index (χ3n) is 5.86. The van der Waals surface area contributed by atoms with Crippen molar-refractivity contribution in [3.63, 3.8) is 0 Å². The molecule has 1 aliphatic rings. The standard InChI is InChI=1S/C23H27N5O3/c1-31-17-9-7-15(8-10-17)11-12-25-23-26-13-18-20(29)19(21(24)30)14-28(22(18)27-23)16-5-3-2-4-6-16/h7-10,13-14,16H,2-6,11-12H2,1H3,(H2,24,30)(H,25,26,27). The number of methoxy groups -OCH3 is 1. The van der Waals surface area contributed by atoms with E-state index in [-0.39, 0.29) is 11.6 Å². The Morgan fingerprint density at radius 1 is 1.23 bits per heavy atom. The monoisotopic (exact) mass is 421 g/mol. The Morgan fingerprint density at radius 3 is 2.65 bits per heavy atom. The number of hydrogen-bond acceptors (Lipinski definition) is 6. The molecule has 3 N–H and O–H groups in total. The molecule has 1 aromatic carbocycles. The number of hydrogen-bond donors (Lipinski definition) is 2. The number of pyridine rings is 1. The van der Waals surface area contributed by atoms with Crippen LogP contribution in [0.3, 0.4) is 0 Å². The highest BCUT2D eigenvalue weighted by molar-refractivity contribution is 5.95. The predicted molar refractivity (Wildman–Crippen MR) is 120 cm³/mol. The van der Waals surface area contributed by atoms with Crippen molar-refractivity contribution in [1.29, 1.82) is 0 Å². The minimum absolute atomic E-state index is 0.0121. The van der Waals surface area contributed by atoms with Crippen LogP contribution in [0.5, 0.6) is 5.75 Å². The van der Waals surface area contributed by atoms with E-state index >= 15 is 0 Å². The van der Waals surface area contributed by atoms with Crippen molar-refractivity contribution in [2.24, 2.45) is 5.73 Å². The van der Waals surface area contributed by atoms with Gasteiger partial charge in [0, 0.05) is 25.0 Å². The van der Waals surface area contributed by atoms with E-state index in [0.717, 1.165) is 37.9 Å². The van der Waals surface area contributed by atoms with Gasteiger partial charge in [-0.25, -0.2) is 4.98 Å². The highest BCUT2D eigenvalue weighted by atomic mass is 16.5. The Labute approximate surface area is 180 Å². The van der Waals surface area contributed by atoms with Crippen LogP contribution >= 0.6 is 0 Å². The second-order valence-corrected chi connectivity index (χ2v) is 7.89. The zero-order chi connectivity index (χ0) is 21.8. The number of ether oxygens (including phenoxy) is 1. The van der Waals surface area contributed by atoms with E-state index in [1.165, 1.54) is 18.2 Å². The van der Waals surface area contributed by atoms with Crippen LogP contribution in [0.25, 0.3) is 11.0 Å². The van der Waals surface area contributed by atoms with Crippen LogP contribution in [-0.2, 0) is 6.42 Å². The van der Waals surface area contributed by atoms with Gasteiger partial charge in [0.2, 0.25) is 11.4 Å². The summed E-state index contributed by atoms with van der Waals surface area (Å²) in [6.45, 7) is 0.644. The number of carbonyl (C=O) groups is 1. The molecule has 0 atom stereocenters. The molecule has 4 rings (SSSR count). The number of anilines is 1. The van der Waals surface area contributed by atoms with Gasteiger partial charge in [-0.1, -0.05) is 31.4 Å². The number of carbonyl (C=O) groups excluding carboxylic acids is 1. The fourth-order valence-corrected chi connectivity index (χ4v) is 4.14. The zero-order valence-electron chi connectivity index (χ0n) is 17.6. The summed E-state index contributed by atoms with van der Waals surface area (Å²) in [5.41, 5.74) is 6.74. The summed E-state index contributed by atoms with van der Waals surface area (Å²) in [5, 5.41) is 3.56. The molecule has 8 nitrogen and oxygen atoms in total. The number of amides is 1. The largest absolute Gasteiger partial charge is 0.497 e. The van der Waals surface area contributed by atoms with E-state index in [2.05, 4.69) is 15.3 Å². The number of benzene rings is 1. The average molecular weight is 422 g/mol. The van der Waals surface area contributed by atoms with E-state index in [4.69, 9.17) is 10.5 Å². The van der Waals surface area contributed by atoms with Gasteiger partial charge in [0.15, 0.2) is 0 Å². The van der Waals surface area contributed by atoms with Gasteiger partial charge in [-0.05, 0) is 37.0 Å². The molecule has 0 spiro atoms. The number of primary amides is 1. The Morgan fingerprint density at radius 2 is 1.97 bits per heavy atom. The SMILES string of the molecule is COc1ccc(CCNc2ncc3c(=O)c(C(N)=O)cn(C4CCCCC4)c3n2)cc1. The molecular formula is C23H27N5O3. The second kappa shape index (κ2) is 9.16. The Balaban J connectivity index is 1.61. The van der Waals surface area contributed by atoms with Gasteiger partial charge in [0.25, 0.3) is 5.91 Å². The molecule has 2 aromatic heterocycles. The summed E-state index contributed by atoms with van der Waals surface area (Å²) in [5.74, 6) is 0.556. The van der Waals surface area contributed by atoms with Crippen LogP contribution in [-0.4, -0.2) is 34.1 Å². The molecule has 0 bridgehead atoms. The van der Waals surface area contributed by atoms with Gasteiger partial charge in [0.05, 0.1) is 12.5 Å². The first-order valence-electron chi connectivity index (χ1n) is 10.7.